The Morgan fingerprint density at radius 3 is 2.48 bits per heavy atom. The van der Waals surface area contributed by atoms with E-state index in [4.69, 9.17) is 0 Å². The van der Waals surface area contributed by atoms with Gasteiger partial charge in [-0.05, 0) is 18.6 Å². The van der Waals surface area contributed by atoms with Gasteiger partial charge < -0.3 is 14.6 Å². The number of aryl methyl sites for hydroxylation is 2. The van der Waals surface area contributed by atoms with Crippen molar-refractivity contribution in [1.29, 1.82) is 0 Å². The van der Waals surface area contributed by atoms with Crippen LogP contribution in [0.5, 0.6) is 0 Å². The number of nitrogens with zero attached hydrogens (tertiary/aromatic N) is 1. The Hall–Kier alpha value is -2.65. The maximum absolute atomic E-state index is 12.3. The Labute approximate surface area is 158 Å². The van der Waals surface area contributed by atoms with E-state index < -0.39 is 16.0 Å². The van der Waals surface area contributed by atoms with Gasteiger partial charge in [-0.15, -0.1) is 0 Å². The average Bonchev–Trinajstić information content (AvgIpc) is 3.03. The second kappa shape index (κ2) is 8.83. The molecule has 0 bridgehead atoms. The van der Waals surface area contributed by atoms with Crippen LogP contribution in [0, 0.1) is 6.92 Å². The zero-order chi connectivity index (χ0) is 20.0. The van der Waals surface area contributed by atoms with Crippen LogP contribution in [0.15, 0.2) is 41.4 Å². The third-order valence-electron chi connectivity index (χ3n) is 3.94. The molecule has 2 aromatic rings. The molecule has 2 N–H and O–H groups in total. The molecule has 27 heavy (non-hydrogen) atoms. The number of amides is 1. The minimum atomic E-state index is -3.83. The number of sulfonamides is 1. The molecular weight excluding hydrogens is 370 g/mol. The summed E-state index contributed by atoms with van der Waals surface area (Å²) in [5, 5.41) is 2.74. The van der Waals surface area contributed by atoms with Crippen molar-refractivity contribution < 1.29 is 22.7 Å². The van der Waals surface area contributed by atoms with Crippen molar-refractivity contribution in [2.75, 3.05) is 13.7 Å². The van der Waals surface area contributed by atoms with Gasteiger partial charge in [-0.3, -0.25) is 4.79 Å². The number of methoxy groups -OCH3 is 1. The highest BCUT2D eigenvalue weighted by atomic mass is 32.2. The smallest absolute Gasteiger partial charge is 0.354 e. The molecule has 9 heteroatoms. The summed E-state index contributed by atoms with van der Waals surface area (Å²) in [6.07, 6.45) is 1.31. The Balaban J connectivity index is 1.85. The first kappa shape index (κ1) is 20.7. The van der Waals surface area contributed by atoms with Gasteiger partial charge in [0.2, 0.25) is 15.9 Å². The molecule has 0 unspecified atom stereocenters. The molecule has 0 fully saturated rings. The molecule has 2 rings (SSSR count). The van der Waals surface area contributed by atoms with Gasteiger partial charge in [-0.1, -0.05) is 29.8 Å². The molecule has 0 aliphatic carbocycles. The Morgan fingerprint density at radius 1 is 1.19 bits per heavy atom. The van der Waals surface area contributed by atoms with E-state index in [1.807, 2.05) is 31.2 Å². The van der Waals surface area contributed by atoms with E-state index in [0.29, 0.717) is 6.54 Å². The summed E-state index contributed by atoms with van der Waals surface area (Å²) in [7, 11) is -1.07. The SMILES string of the molecule is COC(=O)c1cc(S(=O)(=O)NCCC(=O)NCc2ccc(C)cc2)cn1C. The largest absolute Gasteiger partial charge is 0.464 e. The molecule has 0 spiro atoms. The predicted octanol–water partition coefficient (Wildman–Crippen LogP) is 1.10. The fourth-order valence-corrected chi connectivity index (χ4v) is 3.47. The number of carbonyl (C=O) groups excluding carboxylic acids is 2. The minimum absolute atomic E-state index is 0.00177. The van der Waals surface area contributed by atoms with Crippen molar-refractivity contribution in [2.24, 2.45) is 7.05 Å². The number of carbonyl (C=O) groups is 2. The zero-order valence-corrected chi connectivity index (χ0v) is 16.3. The predicted molar refractivity (Wildman–Crippen MR) is 99.6 cm³/mol. The van der Waals surface area contributed by atoms with E-state index in [2.05, 4.69) is 14.8 Å². The van der Waals surface area contributed by atoms with Crippen molar-refractivity contribution >= 4 is 21.9 Å². The molecule has 0 radical (unpaired) electrons. The first-order valence-electron chi connectivity index (χ1n) is 8.29. The number of nitrogens with one attached hydrogen (secondary N) is 2. The fourth-order valence-electron chi connectivity index (χ4n) is 2.37. The van der Waals surface area contributed by atoms with Crippen molar-refractivity contribution in [2.45, 2.75) is 24.8 Å². The van der Waals surface area contributed by atoms with Crippen LogP contribution in [0.1, 0.15) is 28.0 Å². The number of hydrogen-bond acceptors (Lipinski definition) is 5. The third-order valence-corrected chi connectivity index (χ3v) is 5.37. The molecule has 1 aromatic heterocycles. The highest BCUT2D eigenvalue weighted by Gasteiger charge is 2.20. The lowest BCUT2D eigenvalue weighted by molar-refractivity contribution is -0.121. The van der Waals surface area contributed by atoms with E-state index in [1.54, 1.807) is 7.05 Å². The van der Waals surface area contributed by atoms with E-state index >= 15 is 0 Å². The molecule has 1 heterocycles. The molecule has 1 aromatic carbocycles. The first-order chi connectivity index (χ1) is 12.7. The lowest BCUT2D eigenvalue weighted by atomic mass is 10.1. The molecule has 146 valence electrons. The lowest BCUT2D eigenvalue weighted by Crippen LogP contribution is -2.30. The summed E-state index contributed by atoms with van der Waals surface area (Å²) in [5.74, 6) is -0.893. The summed E-state index contributed by atoms with van der Waals surface area (Å²) >= 11 is 0. The normalized spacial score (nSPS) is 11.2. The summed E-state index contributed by atoms with van der Waals surface area (Å²) in [6.45, 7) is 2.31. The maximum atomic E-state index is 12.3. The Bertz CT molecular complexity index is 917. The minimum Gasteiger partial charge on any atom is -0.464 e. The van der Waals surface area contributed by atoms with Crippen LogP contribution in [0.2, 0.25) is 0 Å². The summed E-state index contributed by atoms with van der Waals surface area (Å²) in [5.41, 5.74) is 2.22. The number of ether oxygens (including phenoxy) is 1. The van der Waals surface area contributed by atoms with Crippen molar-refractivity contribution in [3.05, 3.63) is 53.3 Å². The molecule has 8 nitrogen and oxygen atoms in total. The van der Waals surface area contributed by atoms with Crippen molar-refractivity contribution in [3.8, 4) is 0 Å². The van der Waals surface area contributed by atoms with Gasteiger partial charge >= 0.3 is 5.97 Å². The van der Waals surface area contributed by atoms with Gasteiger partial charge in [0, 0.05) is 32.8 Å². The van der Waals surface area contributed by atoms with E-state index in [9.17, 15) is 18.0 Å². The van der Waals surface area contributed by atoms with Crippen LogP contribution in [0.4, 0.5) is 0 Å². The topological polar surface area (TPSA) is 106 Å². The fraction of sp³-hybridized carbons (Fsp3) is 0.333. The molecule has 0 saturated heterocycles. The molecule has 0 atom stereocenters. The Kier molecular flexibility index (Phi) is 6.75. The summed E-state index contributed by atoms with van der Waals surface area (Å²) in [6, 6.07) is 8.99. The van der Waals surface area contributed by atoms with Crippen LogP contribution < -0.4 is 10.0 Å². The van der Waals surface area contributed by atoms with E-state index in [-0.39, 0.29) is 29.5 Å². The monoisotopic (exact) mass is 393 g/mol. The third kappa shape index (κ3) is 5.66. The number of rotatable bonds is 8. The molecule has 0 aliphatic heterocycles. The lowest BCUT2D eigenvalue weighted by Gasteiger charge is -2.07. The average molecular weight is 393 g/mol. The standard InChI is InChI=1S/C18H23N3O5S/c1-13-4-6-14(7-5-13)11-19-17(22)8-9-20-27(24,25)15-10-16(18(23)26-3)21(2)12-15/h4-7,10,12,20H,8-9,11H2,1-3H3,(H,19,22). The van der Waals surface area contributed by atoms with Gasteiger partial charge in [0.15, 0.2) is 0 Å². The van der Waals surface area contributed by atoms with Gasteiger partial charge in [0.1, 0.15) is 10.6 Å². The summed E-state index contributed by atoms with van der Waals surface area (Å²) < 4.78 is 32.9. The second-order valence-corrected chi connectivity index (χ2v) is 7.84. The van der Waals surface area contributed by atoms with Crippen LogP contribution in [-0.2, 0) is 33.1 Å². The number of hydrogen-bond donors (Lipinski definition) is 2. The van der Waals surface area contributed by atoms with Crippen LogP contribution in [0.25, 0.3) is 0 Å². The summed E-state index contributed by atoms with van der Waals surface area (Å²) in [4.78, 5) is 23.4. The molecule has 0 saturated carbocycles. The number of esters is 1. The first-order valence-corrected chi connectivity index (χ1v) is 9.78. The highest BCUT2D eigenvalue weighted by Crippen LogP contribution is 2.14. The second-order valence-electron chi connectivity index (χ2n) is 6.07. The highest BCUT2D eigenvalue weighted by molar-refractivity contribution is 7.89. The van der Waals surface area contributed by atoms with Crippen LogP contribution in [-0.4, -0.2) is 38.5 Å². The van der Waals surface area contributed by atoms with Crippen molar-refractivity contribution in [3.63, 3.8) is 0 Å². The molecule has 1 amide bonds. The molecular formula is C18H23N3O5S. The van der Waals surface area contributed by atoms with Gasteiger partial charge in [0.05, 0.1) is 7.11 Å². The molecule has 0 aliphatic rings. The van der Waals surface area contributed by atoms with Gasteiger partial charge in [-0.2, -0.15) is 0 Å². The maximum Gasteiger partial charge on any atom is 0.354 e. The number of aromatic nitrogens is 1. The van der Waals surface area contributed by atoms with E-state index in [0.717, 1.165) is 11.1 Å². The van der Waals surface area contributed by atoms with E-state index in [1.165, 1.54) is 23.9 Å². The van der Waals surface area contributed by atoms with Gasteiger partial charge in [-0.25, -0.2) is 17.9 Å². The van der Waals surface area contributed by atoms with Crippen molar-refractivity contribution in [1.82, 2.24) is 14.6 Å². The Morgan fingerprint density at radius 2 is 1.85 bits per heavy atom. The number of benzene rings is 1. The van der Waals surface area contributed by atoms with Crippen LogP contribution >= 0.6 is 0 Å². The van der Waals surface area contributed by atoms with Crippen LogP contribution in [0.3, 0.4) is 0 Å². The quantitative estimate of drug-likeness (QED) is 0.654. The van der Waals surface area contributed by atoms with Gasteiger partial charge in [0.25, 0.3) is 0 Å². The zero-order valence-electron chi connectivity index (χ0n) is 15.5.